The van der Waals surface area contributed by atoms with Crippen molar-refractivity contribution in [2.75, 3.05) is 50.9 Å². The monoisotopic (exact) mass is 421 g/mol. The van der Waals surface area contributed by atoms with E-state index in [1.54, 1.807) is 9.80 Å². The normalized spacial score (nSPS) is 25.4. The molecule has 3 aliphatic heterocycles. The maximum absolute atomic E-state index is 13.3. The first-order valence-electron chi connectivity index (χ1n) is 10.9. The Morgan fingerprint density at radius 1 is 1.00 bits per heavy atom. The van der Waals surface area contributed by atoms with Crippen LogP contribution in [0.3, 0.4) is 0 Å². The molecule has 2 amide bonds. The minimum atomic E-state index is -0.256. The summed E-state index contributed by atoms with van der Waals surface area (Å²) < 4.78 is 5.38. The van der Waals surface area contributed by atoms with E-state index in [0.29, 0.717) is 31.9 Å². The van der Waals surface area contributed by atoms with Crippen LogP contribution in [-0.4, -0.2) is 84.8 Å². The Morgan fingerprint density at radius 2 is 1.71 bits per heavy atom. The van der Waals surface area contributed by atoms with E-state index in [-0.39, 0.29) is 36.4 Å². The maximum atomic E-state index is 13.3. The van der Waals surface area contributed by atoms with Gasteiger partial charge in [0.15, 0.2) is 0 Å². The van der Waals surface area contributed by atoms with Crippen LogP contribution in [0, 0.1) is 0 Å². The first kappa shape index (κ1) is 20.2. The van der Waals surface area contributed by atoms with Crippen LogP contribution in [-0.2, 0) is 9.53 Å². The van der Waals surface area contributed by atoms with Crippen molar-refractivity contribution in [1.29, 1.82) is 0 Å². The predicted molar refractivity (Wildman–Crippen MR) is 116 cm³/mol. The highest BCUT2D eigenvalue weighted by atomic mass is 16.5. The van der Waals surface area contributed by atoms with E-state index in [1.165, 1.54) is 0 Å². The molecule has 3 aliphatic rings. The molecule has 0 unspecified atom stereocenters. The Labute approximate surface area is 181 Å². The van der Waals surface area contributed by atoms with Gasteiger partial charge in [-0.15, -0.1) is 0 Å². The van der Waals surface area contributed by atoms with Gasteiger partial charge in [0.05, 0.1) is 38.4 Å². The summed E-state index contributed by atoms with van der Waals surface area (Å²) in [5.41, 5.74) is 2.52. The fourth-order valence-corrected chi connectivity index (χ4v) is 5.20. The number of amides is 2. The standard InChI is InChI=1S/C24H27N3O4/c28-16-21-23-18-8-4-5-9-19(18)26(24(30)17-6-2-1-3-7-17)14-20(23)27(21)22(29)15-25-10-12-31-13-11-25/h1-9,20-21,23,28H,10-16H2/t20-,21+,23+/m0/s1. The SMILES string of the molecule is O=C(c1ccccc1)N1C[C@H]2[C@@H](c3ccccc31)[C@@H](CO)N2C(=O)CN1CCOCC1. The van der Waals surface area contributed by atoms with Gasteiger partial charge in [0.2, 0.25) is 5.91 Å². The molecule has 0 aliphatic carbocycles. The van der Waals surface area contributed by atoms with Crippen LogP contribution in [0.15, 0.2) is 54.6 Å². The van der Waals surface area contributed by atoms with Gasteiger partial charge in [0.25, 0.3) is 5.91 Å². The largest absolute Gasteiger partial charge is 0.394 e. The average Bonchev–Trinajstić information content (AvgIpc) is 2.80. The van der Waals surface area contributed by atoms with Crippen molar-refractivity contribution >= 4 is 17.5 Å². The van der Waals surface area contributed by atoms with Gasteiger partial charge < -0.3 is 19.6 Å². The molecule has 0 aromatic heterocycles. The lowest BCUT2D eigenvalue weighted by Crippen LogP contribution is -2.71. The Hall–Kier alpha value is -2.74. The Kier molecular flexibility index (Phi) is 5.48. The minimum Gasteiger partial charge on any atom is -0.394 e. The number of anilines is 1. The minimum absolute atomic E-state index is 0.00805. The summed E-state index contributed by atoms with van der Waals surface area (Å²) in [5.74, 6) is -0.0251. The second-order valence-corrected chi connectivity index (χ2v) is 8.37. The van der Waals surface area contributed by atoms with Gasteiger partial charge in [-0.25, -0.2) is 0 Å². The van der Waals surface area contributed by atoms with Crippen LogP contribution >= 0.6 is 0 Å². The third-order valence-electron chi connectivity index (χ3n) is 6.70. The molecule has 162 valence electrons. The Balaban J connectivity index is 1.43. The smallest absolute Gasteiger partial charge is 0.258 e. The number of hydrogen-bond donors (Lipinski definition) is 1. The molecule has 0 saturated carbocycles. The number of hydrogen-bond acceptors (Lipinski definition) is 5. The van der Waals surface area contributed by atoms with Gasteiger partial charge in [-0.3, -0.25) is 14.5 Å². The lowest BCUT2D eigenvalue weighted by atomic mass is 9.71. The molecule has 7 heteroatoms. The number of fused-ring (bicyclic) bond motifs is 3. The van der Waals surface area contributed by atoms with Crippen LogP contribution in [0.25, 0.3) is 0 Å². The van der Waals surface area contributed by atoms with Gasteiger partial charge in [0, 0.05) is 36.8 Å². The molecule has 7 nitrogen and oxygen atoms in total. The van der Waals surface area contributed by atoms with Gasteiger partial charge in [0.1, 0.15) is 0 Å². The summed E-state index contributed by atoms with van der Waals surface area (Å²) in [4.78, 5) is 32.2. The number of aliphatic hydroxyl groups is 1. The third-order valence-corrected chi connectivity index (χ3v) is 6.70. The second kappa shape index (κ2) is 8.42. The van der Waals surface area contributed by atoms with Gasteiger partial charge >= 0.3 is 0 Å². The second-order valence-electron chi connectivity index (χ2n) is 8.37. The predicted octanol–water partition coefficient (Wildman–Crippen LogP) is 1.33. The van der Waals surface area contributed by atoms with E-state index in [2.05, 4.69) is 4.90 Å². The van der Waals surface area contributed by atoms with Crippen molar-refractivity contribution in [3.8, 4) is 0 Å². The molecule has 2 fully saturated rings. The topological polar surface area (TPSA) is 73.3 Å². The van der Waals surface area contributed by atoms with Gasteiger partial charge in [-0.05, 0) is 23.8 Å². The van der Waals surface area contributed by atoms with Gasteiger partial charge in [-0.2, -0.15) is 0 Å². The molecule has 2 aromatic carbocycles. The molecule has 2 aromatic rings. The number of rotatable bonds is 4. The number of benzene rings is 2. The van der Waals surface area contributed by atoms with E-state index < -0.39 is 0 Å². The summed E-state index contributed by atoms with van der Waals surface area (Å²) in [5, 5.41) is 10.1. The molecule has 0 radical (unpaired) electrons. The molecular weight excluding hydrogens is 394 g/mol. The van der Waals surface area contributed by atoms with Crippen molar-refractivity contribution in [2.45, 2.75) is 18.0 Å². The summed E-state index contributed by atoms with van der Waals surface area (Å²) in [6, 6.07) is 16.7. The van der Waals surface area contributed by atoms with Crippen molar-refractivity contribution < 1.29 is 19.4 Å². The molecule has 3 atom stereocenters. The fourth-order valence-electron chi connectivity index (χ4n) is 5.20. The lowest BCUT2D eigenvalue weighted by Gasteiger charge is -2.59. The van der Waals surface area contributed by atoms with E-state index in [9.17, 15) is 14.7 Å². The van der Waals surface area contributed by atoms with Crippen molar-refractivity contribution in [3.63, 3.8) is 0 Å². The summed E-state index contributed by atoms with van der Waals surface area (Å²) in [7, 11) is 0. The highest BCUT2D eigenvalue weighted by Gasteiger charge is 2.55. The number of nitrogens with zero attached hydrogens (tertiary/aromatic N) is 3. The highest BCUT2D eigenvalue weighted by molar-refractivity contribution is 6.07. The number of aliphatic hydroxyl groups excluding tert-OH is 1. The number of para-hydroxylation sites is 1. The first-order chi connectivity index (χ1) is 15.2. The molecule has 0 bridgehead atoms. The lowest BCUT2D eigenvalue weighted by molar-refractivity contribution is -0.152. The zero-order valence-corrected chi connectivity index (χ0v) is 17.4. The van der Waals surface area contributed by atoms with Crippen molar-refractivity contribution in [1.82, 2.24) is 9.80 Å². The maximum Gasteiger partial charge on any atom is 0.258 e. The average molecular weight is 421 g/mol. The number of morpholine rings is 1. The molecule has 5 rings (SSSR count). The van der Waals surface area contributed by atoms with Crippen molar-refractivity contribution in [3.05, 3.63) is 65.7 Å². The molecule has 0 spiro atoms. The third kappa shape index (κ3) is 3.52. The summed E-state index contributed by atoms with van der Waals surface area (Å²) >= 11 is 0. The molecule has 2 saturated heterocycles. The van der Waals surface area contributed by atoms with E-state index in [1.807, 2.05) is 54.6 Å². The summed E-state index contributed by atoms with van der Waals surface area (Å²) in [6.45, 7) is 3.40. The number of carbonyl (C=O) groups excluding carboxylic acids is 2. The number of carbonyl (C=O) groups is 2. The summed E-state index contributed by atoms with van der Waals surface area (Å²) in [6.07, 6.45) is 0. The van der Waals surface area contributed by atoms with Gasteiger partial charge in [-0.1, -0.05) is 36.4 Å². The molecular formula is C24H27N3O4. The fraction of sp³-hybridized carbons (Fsp3) is 0.417. The Morgan fingerprint density at radius 3 is 2.45 bits per heavy atom. The number of ether oxygens (including phenoxy) is 1. The molecule has 3 heterocycles. The van der Waals surface area contributed by atoms with Crippen LogP contribution in [0.4, 0.5) is 5.69 Å². The number of likely N-dealkylation sites (tertiary alicyclic amines) is 1. The van der Waals surface area contributed by atoms with Crippen molar-refractivity contribution in [2.24, 2.45) is 0 Å². The first-order valence-corrected chi connectivity index (χ1v) is 10.9. The van der Waals surface area contributed by atoms with Crippen LogP contribution < -0.4 is 4.90 Å². The van der Waals surface area contributed by atoms with Crippen LogP contribution in [0.1, 0.15) is 21.8 Å². The Bertz CT molecular complexity index is 960. The van der Waals surface area contributed by atoms with Crippen LogP contribution in [0.5, 0.6) is 0 Å². The molecule has 31 heavy (non-hydrogen) atoms. The van der Waals surface area contributed by atoms with E-state index >= 15 is 0 Å². The zero-order valence-electron chi connectivity index (χ0n) is 17.4. The van der Waals surface area contributed by atoms with E-state index in [0.717, 1.165) is 24.3 Å². The zero-order chi connectivity index (χ0) is 21.4. The molecule has 1 N–H and O–H groups in total. The van der Waals surface area contributed by atoms with E-state index in [4.69, 9.17) is 4.74 Å². The highest BCUT2D eigenvalue weighted by Crippen LogP contribution is 2.48. The van der Waals surface area contributed by atoms with Crippen LogP contribution in [0.2, 0.25) is 0 Å². The quantitative estimate of drug-likeness (QED) is 0.807.